The maximum Gasteiger partial charge on any atom is 0.410 e. The molecule has 4 aliphatic rings. The number of carbonyl (C=O) groups excluding carboxylic acids is 3. The molecule has 0 spiro atoms. The SMILES string of the molecule is CCO.CCOC(=O)C(CN1CCC(c2ccc(OC)cc2)CC1)C1CCN(C(=O)OC(C)(C)C)CC1.CCOC(=O)C(CN1CCC(c2ccc(OC)cc2)CC1)C1CCNCC1. The molecule has 0 saturated carbocycles. The lowest BCUT2D eigenvalue weighted by Gasteiger charge is -2.39. The number of methoxy groups -OCH3 is 2. The lowest BCUT2D eigenvalue weighted by Crippen LogP contribution is -2.47. The highest BCUT2D eigenvalue weighted by Gasteiger charge is 2.37. The van der Waals surface area contributed by atoms with Crippen molar-refractivity contribution in [1.82, 2.24) is 20.0 Å². The van der Waals surface area contributed by atoms with Gasteiger partial charge in [-0.05, 0) is 191 Å². The first-order valence-corrected chi connectivity index (χ1v) is 24.2. The van der Waals surface area contributed by atoms with Crippen LogP contribution in [0.15, 0.2) is 48.5 Å². The highest BCUT2D eigenvalue weighted by molar-refractivity contribution is 5.74. The summed E-state index contributed by atoms with van der Waals surface area (Å²) in [6.07, 6.45) is 7.94. The van der Waals surface area contributed by atoms with E-state index in [0.717, 1.165) is 115 Å². The fourth-order valence-electron chi connectivity index (χ4n) is 9.59. The number of aliphatic hydroxyl groups is 1. The molecule has 13 heteroatoms. The minimum absolute atomic E-state index is 0.00155. The number of likely N-dealkylation sites (tertiary alicyclic amines) is 3. The van der Waals surface area contributed by atoms with Crippen LogP contribution < -0.4 is 14.8 Å². The van der Waals surface area contributed by atoms with Gasteiger partial charge in [0.05, 0.1) is 39.3 Å². The summed E-state index contributed by atoms with van der Waals surface area (Å²) < 4.78 is 26.9. The number of piperidine rings is 4. The number of ether oxygens (including phenoxy) is 5. The van der Waals surface area contributed by atoms with Crippen molar-refractivity contribution in [3.05, 3.63) is 59.7 Å². The molecule has 4 fully saturated rings. The lowest BCUT2D eigenvalue weighted by atomic mass is 9.83. The van der Waals surface area contributed by atoms with Gasteiger partial charge in [-0.2, -0.15) is 0 Å². The van der Waals surface area contributed by atoms with Gasteiger partial charge in [0.15, 0.2) is 0 Å². The van der Waals surface area contributed by atoms with Crippen molar-refractivity contribution in [2.45, 2.75) is 110 Å². The van der Waals surface area contributed by atoms with Gasteiger partial charge in [-0.15, -0.1) is 0 Å². The van der Waals surface area contributed by atoms with Gasteiger partial charge in [0, 0.05) is 32.8 Å². The molecular formula is C51H82N4O9. The second kappa shape index (κ2) is 27.5. The Bertz CT molecular complexity index is 1620. The Morgan fingerprint density at radius 1 is 0.625 bits per heavy atom. The molecule has 1 amide bonds. The van der Waals surface area contributed by atoms with E-state index in [0.29, 0.717) is 44.1 Å². The summed E-state index contributed by atoms with van der Waals surface area (Å²) in [5, 5.41) is 11.0. The van der Waals surface area contributed by atoms with Crippen molar-refractivity contribution in [3.8, 4) is 11.5 Å². The molecule has 2 unspecified atom stereocenters. The first-order valence-electron chi connectivity index (χ1n) is 24.2. The largest absolute Gasteiger partial charge is 0.497 e. The number of hydrogen-bond acceptors (Lipinski definition) is 12. The fraction of sp³-hybridized carbons (Fsp3) is 0.706. The van der Waals surface area contributed by atoms with E-state index in [9.17, 15) is 14.4 Å². The molecule has 360 valence electrons. The number of hydrogen-bond donors (Lipinski definition) is 2. The normalized spacial score (nSPS) is 19.5. The van der Waals surface area contributed by atoms with E-state index in [4.69, 9.17) is 28.8 Å². The topological polar surface area (TPSA) is 139 Å². The third kappa shape index (κ3) is 17.1. The van der Waals surface area contributed by atoms with E-state index in [1.54, 1.807) is 26.0 Å². The van der Waals surface area contributed by atoms with Gasteiger partial charge in [0.25, 0.3) is 0 Å². The second-order valence-electron chi connectivity index (χ2n) is 18.6. The zero-order valence-corrected chi connectivity index (χ0v) is 40.5. The lowest BCUT2D eigenvalue weighted by molar-refractivity contribution is -0.152. The van der Waals surface area contributed by atoms with E-state index >= 15 is 0 Å². The van der Waals surface area contributed by atoms with Crippen LogP contribution in [0.25, 0.3) is 0 Å². The molecule has 2 N–H and O–H groups in total. The number of nitrogens with one attached hydrogen (secondary N) is 1. The predicted molar refractivity (Wildman–Crippen MR) is 252 cm³/mol. The number of amides is 1. The smallest absolute Gasteiger partial charge is 0.410 e. The van der Waals surface area contributed by atoms with Crippen LogP contribution in [0.5, 0.6) is 11.5 Å². The van der Waals surface area contributed by atoms with Gasteiger partial charge in [0.1, 0.15) is 17.1 Å². The first kappa shape index (κ1) is 52.7. The molecule has 0 radical (unpaired) electrons. The summed E-state index contributed by atoms with van der Waals surface area (Å²) >= 11 is 0. The number of nitrogens with zero attached hydrogens (tertiary/aromatic N) is 3. The van der Waals surface area contributed by atoms with E-state index < -0.39 is 5.60 Å². The Morgan fingerprint density at radius 3 is 1.34 bits per heavy atom. The summed E-state index contributed by atoms with van der Waals surface area (Å²) in [4.78, 5) is 44.6. The molecule has 13 nitrogen and oxygen atoms in total. The van der Waals surface area contributed by atoms with Gasteiger partial charge < -0.3 is 48.8 Å². The third-order valence-electron chi connectivity index (χ3n) is 13.2. The highest BCUT2D eigenvalue weighted by Crippen LogP contribution is 2.34. The number of esters is 2. The summed E-state index contributed by atoms with van der Waals surface area (Å²) in [5.74, 6) is 3.38. The molecule has 2 atom stereocenters. The molecule has 64 heavy (non-hydrogen) atoms. The van der Waals surface area contributed by atoms with Crippen LogP contribution >= 0.6 is 0 Å². The summed E-state index contributed by atoms with van der Waals surface area (Å²) in [6.45, 7) is 21.1. The maximum atomic E-state index is 12.9. The van der Waals surface area contributed by atoms with Crippen molar-refractivity contribution in [2.24, 2.45) is 23.7 Å². The van der Waals surface area contributed by atoms with Crippen LogP contribution in [0.3, 0.4) is 0 Å². The monoisotopic (exact) mass is 895 g/mol. The van der Waals surface area contributed by atoms with Crippen LogP contribution in [-0.4, -0.2) is 143 Å². The van der Waals surface area contributed by atoms with Crippen LogP contribution in [0.4, 0.5) is 4.79 Å². The standard InChI is InChI=1S/C27H42N2O5.C22H34N2O3.C2H6O/c1-6-33-25(30)24(22-13-17-29(18-14-22)26(31)34-27(2,3)4)19-28-15-11-21(12-16-28)20-7-9-23(32-5)10-8-20;1-3-27-22(25)21(19-8-12-23-13-9-19)16-24-14-10-18(11-15-24)17-4-6-20(26-2)7-5-17;1-2-3/h7-10,21-22,24H,6,11-19H2,1-5H3;4-7,18-19,21,23H,3,8-16H2,1-2H3;3H,2H2,1H3. The van der Waals surface area contributed by atoms with Gasteiger partial charge in [-0.3, -0.25) is 9.59 Å². The molecule has 0 bridgehead atoms. The zero-order chi connectivity index (χ0) is 46.5. The van der Waals surface area contributed by atoms with Crippen molar-refractivity contribution >= 4 is 18.0 Å². The third-order valence-corrected chi connectivity index (χ3v) is 13.2. The van der Waals surface area contributed by atoms with Crippen molar-refractivity contribution in [2.75, 3.05) is 99.5 Å². The molecule has 0 aromatic heterocycles. The molecule has 0 aliphatic carbocycles. The highest BCUT2D eigenvalue weighted by atomic mass is 16.6. The summed E-state index contributed by atoms with van der Waals surface area (Å²) in [5.41, 5.74) is 2.26. The molecule has 4 heterocycles. The van der Waals surface area contributed by atoms with Crippen LogP contribution in [0.1, 0.15) is 116 Å². The van der Waals surface area contributed by atoms with E-state index in [1.807, 2.05) is 46.8 Å². The average Bonchev–Trinajstić information content (AvgIpc) is 3.31. The van der Waals surface area contributed by atoms with Crippen molar-refractivity contribution in [3.63, 3.8) is 0 Å². The predicted octanol–water partition coefficient (Wildman–Crippen LogP) is 7.75. The Kier molecular flexibility index (Phi) is 22.7. The molecule has 6 rings (SSSR count). The van der Waals surface area contributed by atoms with E-state index in [2.05, 4.69) is 51.5 Å². The van der Waals surface area contributed by atoms with Gasteiger partial charge in [-0.25, -0.2) is 4.79 Å². The van der Waals surface area contributed by atoms with Crippen molar-refractivity contribution < 1.29 is 43.2 Å². The van der Waals surface area contributed by atoms with Gasteiger partial charge >= 0.3 is 18.0 Å². The summed E-state index contributed by atoms with van der Waals surface area (Å²) in [6, 6.07) is 16.9. The molecule has 2 aromatic rings. The number of carbonyl (C=O) groups is 3. The molecule has 4 aliphatic heterocycles. The van der Waals surface area contributed by atoms with Crippen LogP contribution in [0, 0.1) is 23.7 Å². The molecular weight excluding hydrogens is 813 g/mol. The fourth-order valence-corrected chi connectivity index (χ4v) is 9.59. The number of rotatable bonds is 14. The minimum Gasteiger partial charge on any atom is -0.497 e. The first-order chi connectivity index (χ1) is 30.8. The Morgan fingerprint density at radius 2 is 1.00 bits per heavy atom. The van der Waals surface area contributed by atoms with Crippen LogP contribution in [-0.2, 0) is 23.8 Å². The van der Waals surface area contributed by atoms with Gasteiger partial charge in [-0.1, -0.05) is 24.3 Å². The Balaban J connectivity index is 0.000000270. The maximum absolute atomic E-state index is 12.9. The second-order valence-corrected chi connectivity index (χ2v) is 18.6. The van der Waals surface area contributed by atoms with Crippen molar-refractivity contribution in [1.29, 1.82) is 0 Å². The van der Waals surface area contributed by atoms with Gasteiger partial charge in [0.2, 0.25) is 0 Å². The number of benzene rings is 2. The van der Waals surface area contributed by atoms with E-state index in [-0.39, 0.29) is 42.4 Å². The minimum atomic E-state index is -0.501. The number of aliphatic hydroxyl groups excluding tert-OH is 1. The van der Waals surface area contributed by atoms with Crippen LogP contribution in [0.2, 0.25) is 0 Å². The summed E-state index contributed by atoms with van der Waals surface area (Å²) in [7, 11) is 3.39. The Labute approximate surface area is 384 Å². The Hall–Kier alpha value is -3.91. The van der Waals surface area contributed by atoms with E-state index in [1.165, 1.54) is 11.1 Å². The quantitative estimate of drug-likeness (QED) is 0.142. The molecule has 2 aromatic carbocycles. The molecule has 4 saturated heterocycles. The zero-order valence-electron chi connectivity index (χ0n) is 40.5. The average molecular weight is 895 g/mol.